The summed E-state index contributed by atoms with van der Waals surface area (Å²) in [6.45, 7) is 6.57. The molecule has 170 valence electrons. The van der Waals surface area contributed by atoms with E-state index in [1.807, 2.05) is 26.0 Å². The molecular weight excluding hydrogens is 414 g/mol. The van der Waals surface area contributed by atoms with Crippen molar-refractivity contribution in [1.82, 2.24) is 10.6 Å². The fraction of sp³-hybridized carbons (Fsp3) is 0.435. The summed E-state index contributed by atoms with van der Waals surface area (Å²) in [5.41, 5.74) is 2.14. The fourth-order valence-corrected chi connectivity index (χ4v) is 3.63. The van der Waals surface area contributed by atoms with Gasteiger partial charge in [0.1, 0.15) is 0 Å². The highest BCUT2D eigenvalue weighted by molar-refractivity contribution is 7.90. The first-order chi connectivity index (χ1) is 14.9. The van der Waals surface area contributed by atoms with E-state index in [1.54, 1.807) is 31.4 Å². The molecule has 2 aromatic rings. The van der Waals surface area contributed by atoms with Crippen LogP contribution in [0.5, 0.6) is 11.5 Å². The van der Waals surface area contributed by atoms with Gasteiger partial charge in [-0.15, -0.1) is 0 Å². The standard InChI is InChI=1S/C23H33N3O4S/c1-5-24-23(26-17-19-9-12-20(13-10-19)31(4,27)28)25-15-7-8-18-11-14-21(29-3)22(16-18)30-6-2/h9-14,16H,5-8,15,17H2,1-4H3,(H2,24,25,26). The van der Waals surface area contributed by atoms with E-state index in [4.69, 9.17) is 9.47 Å². The van der Waals surface area contributed by atoms with Gasteiger partial charge in [0.05, 0.1) is 25.2 Å². The molecular formula is C23H33N3O4S. The Labute approximate surface area is 185 Å². The van der Waals surface area contributed by atoms with E-state index in [9.17, 15) is 8.42 Å². The average Bonchev–Trinajstić information content (AvgIpc) is 2.75. The molecule has 0 aliphatic heterocycles. The summed E-state index contributed by atoms with van der Waals surface area (Å²) >= 11 is 0. The third kappa shape index (κ3) is 8.13. The van der Waals surface area contributed by atoms with Gasteiger partial charge in [0.25, 0.3) is 0 Å². The number of methoxy groups -OCH3 is 1. The van der Waals surface area contributed by atoms with Crippen molar-refractivity contribution >= 4 is 15.8 Å². The number of guanidine groups is 1. The van der Waals surface area contributed by atoms with E-state index in [2.05, 4.69) is 21.7 Å². The van der Waals surface area contributed by atoms with Gasteiger partial charge in [-0.3, -0.25) is 0 Å². The van der Waals surface area contributed by atoms with Crippen molar-refractivity contribution < 1.29 is 17.9 Å². The summed E-state index contributed by atoms with van der Waals surface area (Å²) in [4.78, 5) is 4.91. The molecule has 7 nitrogen and oxygen atoms in total. The Balaban J connectivity index is 1.88. The third-order valence-corrected chi connectivity index (χ3v) is 5.71. The Hall–Kier alpha value is -2.74. The third-order valence-electron chi connectivity index (χ3n) is 4.58. The summed E-state index contributed by atoms with van der Waals surface area (Å²) in [6, 6.07) is 12.8. The van der Waals surface area contributed by atoms with Gasteiger partial charge in [-0.25, -0.2) is 13.4 Å². The molecule has 0 aliphatic carbocycles. The number of sulfone groups is 1. The zero-order valence-electron chi connectivity index (χ0n) is 18.8. The number of nitrogens with one attached hydrogen (secondary N) is 2. The molecule has 0 saturated heterocycles. The minimum atomic E-state index is -3.18. The van der Waals surface area contributed by atoms with E-state index in [1.165, 1.54) is 11.8 Å². The van der Waals surface area contributed by atoms with Crippen molar-refractivity contribution in [3.8, 4) is 11.5 Å². The monoisotopic (exact) mass is 447 g/mol. The number of aliphatic imine (C=N–C) groups is 1. The molecule has 0 aromatic heterocycles. The Morgan fingerprint density at radius 3 is 2.32 bits per heavy atom. The summed E-state index contributed by atoms with van der Waals surface area (Å²) in [5, 5.41) is 6.58. The second-order valence-corrected chi connectivity index (χ2v) is 9.08. The lowest BCUT2D eigenvalue weighted by molar-refractivity contribution is 0.310. The lowest BCUT2D eigenvalue weighted by Gasteiger charge is -2.13. The first kappa shape index (κ1) is 24.5. The van der Waals surface area contributed by atoms with Crippen LogP contribution in [0.4, 0.5) is 0 Å². The topological polar surface area (TPSA) is 89.0 Å². The number of benzene rings is 2. The molecule has 0 radical (unpaired) electrons. The van der Waals surface area contributed by atoms with Gasteiger partial charge >= 0.3 is 0 Å². The number of ether oxygens (including phenoxy) is 2. The van der Waals surface area contributed by atoms with Crippen LogP contribution in [0.25, 0.3) is 0 Å². The zero-order valence-corrected chi connectivity index (χ0v) is 19.6. The van der Waals surface area contributed by atoms with Gasteiger partial charge in [-0.05, 0) is 62.1 Å². The van der Waals surface area contributed by atoms with Crippen molar-refractivity contribution in [2.75, 3.05) is 33.1 Å². The van der Waals surface area contributed by atoms with Crippen LogP contribution in [0.15, 0.2) is 52.4 Å². The molecule has 2 rings (SSSR count). The molecule has 0 spiro atoms. The van der Waals surface area contributed by atoms with Crippen molar-refractivity contribution in [1.29, 1.82) is 0 Å². The lowest BCUT2D eigenvalue weighted by Crippen LogP contribution is -2.37. The summed E-state index contributed by atoms with van der Waals surface area (Å²) in [5.74, 6) is 2.25. The summed E-state index contributed by atoms with van der Waals surface area (Å²) in [7, 11) is -1.54. The highest BCUT2D eigenvalue weighted by Gasteiger charge is 2.07. The lowest BCUT2D eigenvalue weighted by atomic mass is 10.1. The molecule has 0 aliphatic rings. The van der Waals surface area contributed by atoms with Gasteiger partial charge in [0.2, 0.25) is 0 Å². The second-order valence-electron chi connectivity index (χ2n) is 7.06. The Morgan fingerprint density at radius 2 is 1.71 bits per heavy atom. The molecule has 0 heterocycles. The number of nitrogens with zero attached hydrogens (tertiary/aromatic N) is 1. The highest BCUT2D eigenvalue weighted by Crippen LogP contribution is 2.28. The minimum absolute atomic E-state index is 0.316. The fourth-order valence-electron chi connectivity index (χ4n) is 3.00. The minimum Gasteiger partial charge on any atom is -0.493 e. The number of hydrogen-bond donors (Lipinski definition) is 2. The molecule has 2 N–H and O–H groups in total. The number of aryl methyl sites for hydroxylation is 1. The molecule has 2 aromatic carbocycles. The maximum absolute atomic E-state index is 11.6. The molecule has 8 heteroatoms. The predicted octanol–water partition coefficient (Wildman–Crippen LogP) is 3.19. The van der Waals surface area contributed by atoms with Crippen LogP contribution in [0.3, 0.4) is 0 Å². The van der Waals surface area contributed by atoms with E-state index in [-0.39, 0.29) is 0 Å². The predicted molar refractivity (Wildman–Crippen MR) is 125 cm³/mol. The van der Waals surface area contributed by atoms with Crippen LogP contribution in [-0.2, 0) is 22.8 Å². The SMILES string of the molecule is CCNC(=NCc1ccc(S(C)(=O)=O)cc1)NCCCc1ccc(OC)c(OCC)c1. The van der Waals surface area contributed by atoms with Crippen LogP contribution in [0, 0.1) is 0 Å². The smallest absolute Gasteiger partial charge is 0.191 e. The van der Waals surface area contributed by atoms with Crippen LogP contribution < -0.4 is 20.1 Å². The van der Waals surface area contributed by atoms with Crippen LogP contribution in [0.2, 0.25) is 0 Å². The summed E-state index contributed by atoms with van der Waals surface area (Å²) in [6.07, 6.45) is 3.05. The van der Waals surface area contributed by atoms with Gasteiger partial charge in [0, 0.05) is 19.3 Å². The number of rotatable bonds is 11. The zero-order chi connectivity index (χ0) is 22.7. The Bertz CT molecular complexity index is 957. The maximum Gasteiger partial charge on any atom is 0.191 e. The molecule has 0 saturated carbocycles. The second kappa shape index (κ2) is 12.2. The van der Waals surface area contributed by atoms with Crippen LogP contribution >= 0.6 is 0 Å². The number of hydrogen-bond acceptors (Lipinski definition) is 5. The van der Waals surface area contributed by atoms with E-state index < -0.39 is 9.84 Å². The first-order valence-corrected chi connectivity index (χ1v) is 12.4. The van der Waals surface area contributed by atoms with Gasteiger partial charge in [-0.2, -0.15) is 0 Å². The van der Waals surface area contributed by atoms with Crippen molar-refractivity contribution in [2.45, 2.75) is 38.1 Å². The van der Waals surface area contributed by atoms with Crippen molar-refractivity contribution in [3.63, 3.8) is 0 Å². The Kier molecular flexibility index (Phi) is 9.65. The molecule has 31 heavy (non-hydrogen) atoms. The van der Waals surface area contributed by atoms with E-state index in [0.717, 1.165) is 49.0 Å². The van der Waals surface area contributed by atoms with Crippen LogP contribution in [-0.4, -0.2) is 47.4 Å². The molecule has 0 bridgehead atoms. The maximum atomic E-state index is 11.6. The van der Waals surface area contributed by atoms with Gasteiger partial charge < -0.3 is 20.1 Å². The van der Waals surface area contributed by atoms with E-state index in [0.29, 0.717) is 18.0 Å². The molecule has 0 atom stereocenters. The Morgan fingerprint density at radius 1 is 1.00 bits per heavy atom. The summed E-state index contributed by atoms with van der Waals surface area (Å²) < 4.78 is 34.1. The molecule has 0 unspecified atom stereocenters. The largest absolute Gasteiger partial charge is 0.493 e. The van der Waals surface area contributed by atoms with Crippen LogP contribution in [0.1, 0.15) is 31.4 Å². The van der Waals surface area contributed by atoms with Gasteiger partial charge in [0.15, 0.2) is 27.3 Å². The van der Waals surface area contributed by atoms with Crippen molar-refractivity contribution in [3.05, 3.63) is 53.6 Å². The normalized spacial score (nSPS) is 11.8. The quantitative estimate of drug-likeness (QED) is 0.312. The van der Waals surface area contributed by atoms with Crippen molar-refractivity contribution in [2.24, 2.45) is 4.99 Å². The first-order valence-electron chi connectivity index (χ1n) is 10.5. The average molecular weight is 448 g/mol. The van der Waals surface area contributed by atoms with Gasteiger partial charge in [-0.1, -0.05) is 18.2 Å². The molecule has 0 fully saturated rings. The van der Waals surface area contributed by atoms with E-state index >= 15 is 0 Å². The highest BCUT2D eigenvalue weighted by atomic mass is 32.2. The molecule has 0 amide bonds.